The van der Waals surface area contributed by atoms with Gasteiger partial charge >= 0.3 is 0 Å². The summed E-state index contributed by atoms with van der Waals surface area (Å²) in [6.45, 7) is 9.26. The lowest BCUT2D eigenvalue weighted by atomic mass is 10.1. The molecule has 0 saturated carbocycles. The van der Waals surface area contributed by atoms with Crippen molar-refractivity contribution in [1.82, 2.24) is 4.90 Å². The number of hydrogen-bond donors (Lipinski definition) is 1. The fourth-order valence-corrected chi connectivity index (χ4v) is 1.68. The van der Waals surface area contributed by atoms with E-state index >= 15 is 0 Å². The van der Waals surface area contributed by atoms with Crippen LogP contribution in [-0.4, -0.2) is 48.0 Å². The quantitative estimate of drug-likeness (QED) is 0.696. The summed E-state index contributed by atoms with van der Waals surface area (Å²) in [5.74, 6) is 0. The first-order valence-electron chi connectivity index (χ1n) is 5.03. The highest BCUT2D eigenvalue weighted by atomic mass is 16.5. The third-order valence-electron chi connectivity index (χ3n) is 2.31. The Kier molecular flexibility index (Phi) is 3.71. The van der Waals surface area contributed by atoms with Crippen LogP contribution in [0.25, 0.3) is 0 Å². The van der Waals surface area contributed by atoms with Crippen LogP contribution in [0.1, 0.15) is 27.2 Å². The van der Waals surface area contributed by atoms with Crippen molar-refractivity contribution < 1.29 is 9.84 Å². The number of ether oxygens (including phenoxy) is 1. The lowest BCUT2D eigenvalue weighted by Crippen LogP contribution is -2.44. The molecule has 0 aliphatic carbocycles. The fourth-order valence-electron chi connectivity index (χ4n) is 1.68. The largest absolute Gasteiger partial charge is 0.389 e. The van der Waals surface area contributed by atoms with E-state index in [0.717, 1.165) is 32.7 Å². The highest BCUT2D eigenvalue weighted by Gasteiger charge is 2.23. The molecule has 13 heavy (non-hydrogen) atoms. The third-order valence-corrected chi connectivity index (χ3v) is 2.31. The number of nitrogens with zero attached hydrogens (tertiary/aromatic N) is 1. The Hall–Kier alpha value is -0.120. The van der Waals surface area contributed by atoms with Crippen molar-refractivity contribution in [3.05, 3.63) is 0 Å². The van der Waals surface area contributed by atoms with Gasteiger partial charge in [0.05, 0.1) is 12.2 Å². The second-order valence-corrected chi connectivity index (χ2v) is 4.56. The minimum atomic E-state index is -0.599. The smallest absolute Gasteiger partial charge is 0.0718 e. The lowest BCUT2D eigenvalue weighted by Gasteiger charge is -2.31. The molecule has 0 amide bonds. The first-order valence-corrected chi connectivity index (χ1v) is 5.03. The Morgan fingerprint density at radius 3 is 2.85 bits per heavy atom. The van der Waals surface area contributed by atoms with Crippen LogP contribution in [0.5, 0.6) is 0 Å². The molecule has 0 bridgehead atoms. The van der Waals surface area contributed by atoms with E-state index in [1.54, 1.807) is 0 Å². The van der Waals surface area contributed by atoms with Gasteiger partial charge in [0.15, 0.2) is 0 Å². The van der Waals surface area contributed by atoms with Crippen LogP contribution in [0.3, 0.4) is 0 Å². The molecule has 0 aromatic rings. The van der Waals surface area contributed by atoms with Gasteiger partial charge in [-0.25, -0.2) is 0 Å². The second-order valence-electron chi connectivity index (χ2n) is 4.56. The minimum Gasteiger partial charge on any atom is -0.389 e. The van der Waals surface area contributed by atoms with Crippen molar-refractivity contribution in [2.75, 3.05) is 26.3 Å². The molecule has 0 aromatic carbocycles. The Balaban J connectivity index is 2.45. The van der Waals surface area contributed by atoms with Gasteiger partial charge in [0.1, 0.15) is 0 Å². The van der Waals surface area contributed by atoms with Crippen molar-refractivity contribution in [3.8, 4) is 0 Å². The number of β-amino-alcohol motifs (C(OH)–C–C–N with tert-alkyl or cyclic N) is 1. The SMILES string of the molecule is CC1COCCCN1CC(C)(C)O. The average Bonchev–Trinajstić information content (AvgIpc) is 2.14. The zero-order valence-electron chi connectivity index (χ0n) is 8.92. The number of aliphatic hydroxyl groups is 1. The molecule has 1 aliphatic heterocycles. The molecular formula is C10H21NO2. The van der Waals surface area contributed by atoms with Crippen molar-refractivity contribution in [3.63, 3.8) is 0 Å². The van der Waals surface area contributed by atoms with E-state index in [-0.39, 0.29) is 0 Å². The number of rotatable bonds is 2. The topological polar surface area (TPSA) is 32.7 Å². The molecule has 3 nitrogen and oxygen atoms in total. The van der Waals surface area contributed by atoms with Crippen molar-refractivity contribution in [2.24, 2.45) is 0 Å². The fraction of sp³-hybridized carbons (Fsp3) is 1.00. The van der Waals surface area contributed by atoms with Gasteiger partial charge in [0.25, 0.3) is 0 Å². The van der Waals surface area contributed by atoms with E-state index in [1.807, 2.05) is 13.8 Å². The van der Waals surface area contributed by atoms with E-state index < -0.39 is 5.60 Å². The van der Waals surface area contributed by atoms with E-state index in [0.29, 0.717) is 6.04 Å². The minimum absolute atomic E-state index is 0.425. The Morgan fingerprint density at radius 1 is 1.54 bits per heavy atom. The first-order chi connectivity index (χ1) is 5.99. The van der Waals surface area contributed by atoms with Crippen LogP contribution in [0.15, 0.2) is 0 Å². The molecule has 1 N–H and O–H groups in total. The molecule has 0 aromatic heterocycles. The van der Waals surface area contributed by atoms with E-state index in [2.05, 4.69) is 11.8 Å². The summed E-state index contributed by atoms with van der Waals surface area (Å²) in [7, 11) is 0. The van der Waals surface area contributed by atoms with Gasteiger partial charge in [-0.3, -0.25) is 4.90 Å². The average molecular weight is 187 g/mol. The Labute approximate surface area is 80.7 Å². The molecule has 3 heteroatoms. The highest BCUT2D eigenvalue weighted by molar-refractivity contribution is 4.77. The van der Waals surface area contributed by atoms with Crippen LogP contribution < -0.4 is 0 Å². The zero-order valence-corrected chi connectivity index (χ0v) is 8.92. The molecule has 1 saturated heterocycles. The molecule has 1 aliphatic rings. The predicted molar refractivity (Wildman–Crippen MR) is 52.8 cm³/mol. The lowest BCUT2D eigenvalue weighted by molar-refractivity contribution is 0.0179. The molecule has 78 valence electrons. The van der Waals surface area contributed by atoms with Gasteiger partial charge in [0.2, 0.25) is 0 Å². The molecule has 0 radical (unpaired) electrons. The van der Waals surface area contributed by atoms with Crippen LogP contribution in [0.4, 0.5) is 0 Å². The van der Waals surface area contributed by atoms with Crippen molar-refractivity contribution in [1.29, 1.82) is 0 Å². The van der Waals surface area contributed by atoms with Crippen molar-refractivity contribution >= 4 is 0 Å². The van der Waals surface area contributed by atoms with Crippen LogP contribution in [0, 0.1) is 0 Å². The highest BCUT2D eigenvalue weighted by Crippen LogP contribution is 2.12. The van der Waals surface area contributed by atoms with Gasteiger partial charge in [-0.1, -0.05) is 0 Å². The van der Waals surface area contributed by atoms with Gasteiger partial charge < -0.3 is 9.84 Å². The second kappa shape index (κ2) is 4.40. The maximum Gasteiger partial charge on any atom is 0.0718 e. The van der Waals surface area contributed by atoms with Crippen molar-refractivity contribution in [2.45, 2.75) is 38.8 Å². The van der Waals surface area contributed by atoms with Gasteiger partial charge in [-0.2, -0.15) is 0 Å². The van der Waals surface area contributed by atoms with E-state index in [4.69, 9.17) is 4.74 Å². The maximum absolute atomic E-state index is 9.70. The van der Waals surface area contributed by atoms with Crippen LogP contribution >= 0.6 is 0 Å². The summed E-state index contributed by atoms with van der Waals surface area (Å²) in [5.41, 5.74) is -0.599. The van der Waals surface area contributed by atoms with Crippen LogP contribution in [0.2, 0.25) is 0 Å². The summed E-state index contributed by atoms with van der Waals surface area (Å²) >= 11 is 0. The summed E-state index contributed by atoms with van der Waals surface area (Å²) in [4.78, 5) is 2.30. The third kappa shape index (κ3) is 4.07. The molecule has 0 spiro atoms. The van der Waals surface area contributed by atoms with Gasteiger partial charge in [0, 0.05) is 25.7 Å². The Bertz CT molecular complexity index is 153. The van der Waals surface area contributed by atoms with Gasteiger partial charge in [-0.05, 0) is 27.2 Å². The maximum atomic E-state index is 9.70. The number of hydrogen-bond acceptors (Lipinski definition) is 3. The normalized spacial score (nSPS) is 27.2. The molecule has 1 rings (SSSR count). The predicted octanol–water partition coefficient (Wildman–Crippen LogP) is 0.868. The van der Waals surface area contributed by atoms with Gasteiger partial charge in [-0.15, -0.1) is 0 Å². The van der Waals surface area contributed by atoms with E-state index in [1.165, 1.54) is 0 Å². The molecule has 1 unspecified atom stereocenters. The molecular weight excluding hydrogens is 166 g/mol. The molecule has 1 atom stereocenters. The monoisotopic (exact) mass is 187 g/mol. The standard InChI is InChI=1S/C10H21NO2/c1-9-7-13-6-4-5-11(9)8-10(2,3)12/h9,12H,4-8H2,1-3H3. The first kappa shape index (κ1) is 11.0. The summed E-state index contributed by atoms with van der Waals surface area (Å²) < 4.78 is 5.43. The van der Waals surface area contributed by atoms with Crippen LogP contribution in [-0.2, 0) is 4.74 Å². The molecule has 1 fully saturated rings. The summed E-state index contributed by atoms with van der Waals surface area (Å²) in [6.07, 6.45) is 1.07. The summed E-state index contributed by atoms with van der Waals surface area (Å²) in [6, 6.07) is 0.425. The molecule has 1 heterocycles. The summed E-state index contributed by atoms with van der Waals surface area (Å²) in [5, 5.41) is 9.70. The Morgan fingerprint density at radius 2 is 2.23 bits per heavy atom. The zero-order chi connectivity index (χ0) is 9.90. The van der Waals surface area contributed by atoms with E-state index in [9.17, 15) is 5.11 Å².